The molecule has 0 aromatic heterocycles. The Bertz CT molecular complexity index is 1410. The molecule has 0 fully saturated rings. The highest BCUT2D eigenvalue weighted by atomic mass is 79.9. The SMILES string of the molecule is COc1ccc(C=O)c(C(=O)c2ccc(Br)cc2)c1.COc1ccc(C=O)c(C(=O)c2ccccc2)c1. The highest BCUT2D eigenvalue weighted by Crippen LogP contribution is 2.22. The van der Waals surface area contributed by atoms with Gasteiger partial charge in [-0.25, -0.2) is 0 Å². The second-order valence-corrected chi connectivity index (χ2v) is 8.59. The average molecular weight is 559 g/mol. The van der Waals surface area contributed by atoms with Crippen LogP contribution in [0.25, 0.3) is 0 Å². The lowest BCUT2D eigenvalue weighted by atomic mass is 9.99. The van der Waals surface area contributed by atoms with E-state index in [1.54, 1.807) is 84.9 Å². The van der Waals surface area contributed by atoms with Crippen LogP contribution in [0.1, 0.15) is 52.6 Å². The van der Waals surface area contributed by atoms with E-state index in [-0.39, 0.29) is 11.6 Å². The maximum Gasteiger partial charge on any atom is 0.193 e. The molecule has 0 spiro atoms. The molecule has 0 aliphatic heterocycles. The van der Waals surface area contributed by atoms with Gasteiger partial charge in [-0.3, -0.25) is 19.2 Å². The molecule has 0 N–H and O–H groups in total. The first-order chi connectivity index (χ1) is 17.9. The zero-order chi connectivity index (χ0) is 26.8. The molecule has 0 saturated carbocycles. The standard InChI is InChI=1S/C15H11BrO3.C15H12O3/c1-19-13-7-4-11(9-17)14(8-13)15(18)10-2-5-12(16)6-3-10;1-18-13-8-7-12(10-16)14(9-13)15(17)11-5-3-2-4-6-11/h2-9H,1H3;2-10H,1H3. The van der Waals surface area contributed by atoms with E-state index < -0.39 is 0 Å². The van der Waals surface area contributed by atoms with Crippen molar-refractivity contribution in [3.63, 3.8) is 0 Å². The van der Waals surface area contributed by atoms with Gasteiger partial charge in [-0.15, -0.1) is 0 Å². The van der Waals surface area contributed by atoms with Crippen molar-refractivity contribution in [2.45, 2.75) is 0 Å². The molecule has 4 aromatic carbocycles. The van der Waals surface area contributed by atoms with Crippen molar-refractivity contribution in [2.24, 2.45) is 0 Å². The van der Waals surface area contributed by atoms with Crippen LogP contribution in [-0.4, -0.2) is 38.4 Å². The van der Waals surface area contributed by atoms with Crippen LogP contribution in [-0.2, 0) is 0 Å². The van der Waals surface area contributed by atoms with E-state index in [9.17, 15) is 19.2 Å². The zero-order valence-corrected chi connectivity index (χ0v) is 21.7. The van der Waals surface area contributed by atoms with Crippen LogP contribution in [0.4, 0.5) is 0 Å². The lowest BCUT2D eigenvalue weighted by Gasteiger charge is -2.07. The quantitative estimate of drug-likeness (QED) is 0.188. The second kappa shape index (κ2) is 13.1. The number of halogens is 1. The van der Waals surface area contributed by atoms with Crippen molar-refractivity contribution >= 4 is 40.1 Å². The fraction of sp³-hybridized carbons (Fsp3) is 0.0667. The fourth-order valence-corrected chi connectivity index (χ4v) is 3.69. The van der Waals surface area contributed by atoms with Crippen LogP contribution in [0, 0.1) is 0 Å². The summed E-state index contributed by atoms with van der Waals surface area (Å²) in [6, 6.07) is 25.5. The van der Waals surface area contributed by atoms with Crippen molar-refractivity contribution in [1.82, 2.24) is 0 Å². The van der Waals surface area contributed by atoms with Crippen LogP contribution < -0.4 is 9.47 Å². The summed E-state index contributed by atoms with van der Waals surface area (Å²) in [5, 5.41) is 0. The van der Waals surface area contributed by atoms with Crippen LogP contribution >= 0.6 is 15.9 Å². The maximum atomic E-state index is 12.4. The second-order valence-electron chi connectivity index (χ2n) is 7.67. The molecule has 0 bridgehead atoms. The summed E-state index contributed by atoms with van der Waals surface area (Å²) < 4.78 is 11.0. The van der Waals surface area contributed by atoms with E-state index in [0.717, 1.165) is 4.47 Å². The van der Waals surface area contributed by atoms with E-state index in [2.05, 4.69) is 15.9 Å². The number of hydrogen-bond acceptors (Lipinski definition) is 6. The van der Waals surface area contributed by atoms with Crippen molar-refractivity contribution in [1.29, 1.82) is 0 Å². The molecule has 7 heteroatoms. The monoisotopic (exact) mass is 558 g/mol. The summed E-state index contributed by atoms with van der Waals surface area (Å²) in [5.41, 5.74) is 2.50. The Morgan fingerprint density at radius 3 is 1.46 bits per heavy atom. The predicted molar refractivity (Wildman–Crippen MR) is 144 cm³/mol. The van der Waals surface area contributed by atoms with Crippen molar-refractivity contribution in [3.05, 3.63) is 129 Å². The van der Waals surface area contributed by atoms with Crippen molar-refractivity contribution in [3.8, 4) is 11.5 Å². The first-order valence-corrected chi connectivity index (χ1v) is 11.9. The summed E-state index contributed by atoms with van der Waals surface area (Å²) in [6.45, 7) is 0. The molecule has 4 rings (SSSR count). The van der Waals surface area contributed by atoms with Gasteiger partial charge in [0.2, 0.25) is 0 Å². The fourth-order valence-electron chi connectivity index (χ4n) is 3.43. The lowest BCUT2D eigenvalue weighted by molar-refractivity contribution is 0.102. The normalized spacial score (nSPS) is 9.92. The number of benzene rings is 4. The Morgan fingerprint density at radius 1 is 0.622 bits per heavy atom. The van der Waals surface area contributed by atoms with Gasteiger partial charge in [0.1, 0.15) is 11.5 Å². The molecule has 0 aliphatic rings. The largest absolute Gasteiger partial charge is 0.497 e. The van der Waals surface area contributed by atoms with Gasteiger partial charge in [0.25, 0.3) is 0 Å². The minimum Gasteiger partial charge on any atom is -0.497 e. The van der Waals surface area contributed by atoms with Crippen LogP contribution in [0.2, 0.25) is 0 Å². The van der Waals surface area contributed by atoms with Gasteiger partial charge in [-0.05, 0) is 60.7 Å². The molecule has 0 amide bonds. The molecule has 0 saturated heterocycles. The topological polar surface area (TPSA) is 86.7 Å². The van der Waals surface area contributed by atoms with Gasteiger partial charge in [-0.1, -0.05) is 46.3 Å². The summed E-state index contributed by atoms with van der Waals surface area (Å²) in [4.78, 5) is 46.6. The Labute approximate surface area is 223 Å². The number of methoxy groups -OCH3 is 2. The van der Waals surface area contributed by atoms with E-state index in [0.29, 0.717) is 57.5 Å². The number of rotatable bonds is 8. The van der Waals surface area contributed by atoms with E-state index in [1.165, 1.54) is 14.2 Å². The number of ether oxygens (including phenoxy) is 2. The number of ketones is 2. The molecule has 0 radical (unpaired) electrons. The van der Waals surface area contributed by atoms with Crippen molar-refractivity contribution < 1.29 is 28.7 Å². The third-order valence-electron chi connectivity index (χ3n) is 5.41. The molecule has 6 nitrogen and oxygen atoms in total. The molecule has 0 unspecified atom stereocenters. The average Bonchev–Trinajstić information content (AvgIpc) is 2.96. The van der Waals surface area contributed by atoms with E-state index in [1.807, 2.05) is 6.07 Å². The number of hydrogen-bond donors (Lipinski definition) is 0. The van der Waals surface area contributed by atoms with Gasteiger partial charge in [0.05, 0.1) is 14.2 Å². The van der Waals surface area contributed by atoms with Gasteiger partial charge < -0.3 is 9.47 Å². The molecule has 0 aliphatic carbocycles. The molecule has 0 atom stereocenters. The molecule has 37 heavy (non-hydrogen) atoms. The molecule has 186 valence electrons. The van der Waals surface area contributed by atoms with E-state index in [4.69, 9.17) is 9.47 Å². The Hall–Kier alpha value is -4.36. The highest BCUT2D eigenvalue weighted by Gasteiger charge is 2.15. The van der Waals surface area contributed by atoms with Crippen LogP contribution in [0.3, 0.4) is 0 Å². The third-order valence-corrected chi connectivity index (χ3v) is 5.94. The minimum atomic E-state index is -0.200. The maximum absolute atomic E-state index is 12.4. The van der Waals surface area contributed by atoms with Crippen molar-refractivity contribution in [2.75, 3.05) is 14.2 Å². The predicted octanol–water partition coefficient (Wildman–Crippen LogP) is 6.24. The molecule has 4 aromatic rings. The summed E-state index contributed by atoms with van der Waals surface area (Å²) >= 11 is 3.31. The lowest BCUT2D eigenvalue weighted by Crippen LogP contribution is -2.05. The first-order valence-electron chi connectivity index (χ1n) is 11.1. The third kappa shape index (κ3) is 6.86. The number of carbonyl (C=O) groups is 4. The Balaban J connectivity index is 0.000000206. The Kier molecular flexibility index (Phi) is 9.63. The first kappa shape index (κ1) is 27.2. The van der Waals surface area contributed by atoms with Gasteiger partial charge in [-0.2, -0.15) is 0 Å². The highest BCUT2D eigenvalue weighted by molar-refractivity contribution is 9.10. The minimum absolute atomic E-state index is 0.184. The zero-order valence-electron chi connectivity index (χ0n) is 20.1. The number of aldehydes is 2. The Morgan fingerprint density at radius 2 is 1.05 bits per heavy atom. The molecule has 0 heterocycles. The number of carbonyl (C=O) groups excluding carboxylic acids is 4. The smallest absolute Gasteiger partial charge is 0.193 e. The van der Waals surface area contributed by atoms with Crippen LogP contribution in [0.5, 0.6) is 11.5 Å². The molecular weight excluding hydrogens is 536 g/mol. The van der Waals surface area contributed by atoms with Gasteiger partial charge in [0, 0.05) is 37.9 Å². The summed E-state index contributed by atoms with van der Waals surface area (Å²) in [6.07, 6.45) is 1.35. The summed E-state index contributed by atoms with van der Waals surface area (Å²) in [7, 11) is 3.04. The summed E-state index contributed by atoms with van der Waals surface area (Å²) in [5.74, 6) is 0.719. The van der Waals surface area contributed by atoms with Gasteiger partial charge in [0.15, 0.2) is 24.1 Å². The molecular formula is C30H23BrO6. The van der Waals surface area contributed by atoms with Gasteiger partial charge >= 0.3 is 0 Å². The van der Waals surface area contributed by atoms with E-state index >= 15 is 0 Å². The van der Waals surface area contributed by atoms with Crippen LogP contribution in [0.15, 0.2) is 95.5 Å².